The van der Waals surface area contributed by atoms with Gasteiger partial charge in [0, 0.05) is 41.0 Å². The number of nitrogens with zero attached hydrogens (tertiary/aromatic N) is 3. The predicted molar refractivity (Wildman–Crippen MR) is 97.9 cm³/mol. The minimum Gasteiger partial charge on any atom is -0.285 e. The van der Waals surface area contributed by atoms with Crippen LogP contribution in [0.3, 0.4) is 0 Å². The normalized spacial score (nSPS) is 12.0. The average molecular weight is 380 g/mol. The molecule has 25 heavy (non-hydrogen) atoms. The maximum Gasteiger partial charge on any atom is 0.250 e. The molecule has 134 valence electrons. The molecular formula is C16H21N5O2S2. The molecule has 0 radical (unpaired) electrons. The molecule has 0 fully saturated rings. The fraction of sp³-hybridized carbons (Fsp3) is 0.375. The summed E-state index contributed by atoms with van der Waals surface area (Å²) in [6.45, 7) is 7.04. The highest BCUT2D eigenvalue weighted by molar-refractivity contribution is 7.91. The van der Waals surface area contributed by atoms with Gasteiger partial charge >= 0.3 is 0 Å². The minimum atomic E-state index is -3.56. The van der Waals surface area contributed by atoms with Crippen LogP contribution < -0.4 is 4.72 Å². The Bertz CT molecular complexity index is 955. The third-order valence-corrected chi connectivity index (χ3v) is 7.06. The van der Waals surface area contributed by atoms with Gasteiger partial charge in [-0.25, -0.2) is 13.1 Å². The quantitative estimate of drug-likeness (QED) is 0.660. The molecule has 0 saturated carbocycles. The maximum atomic E-state index is 12.6. The van der Waals surface area contributed by atoms with E-state index in [9.17, 15) is 8.42 Å². The van der Waals surface area contributed by atoms with Crippen LogP contribution in [0, 0.1) is 13.8 Å². The molecule has 0 spiro atoms. The molecule has 9 heteroatoms. The molecular weight excluding hydrogens is 358 g/mol. The molecule has 0 atom stereocenters. The second kappa shape index (κ2) is 7.11. The van der Waals surface area contributed by atoms with E-state index in [-0.39, 0.29) is 6.54 Å². The third kappa shape index (κ3) is 3.68. The molecule has 3 aromatic heterocycles. The summed E-state index contributed by atoms with van der Waals surface area (Å²) in [5, 5.41) is 11.1. The van der Waals surface area contributed by atoms with E-state index in [1.165, 1.54) is 11.3 Å². The van der Waals surface area contributed by atoms with Crippen molar-refractivity contribution in [3.05, 3.63) is 41.5 Å². The molecule has 0 unspecified atom stereocenters. The highest BCUT2D eigenvalue weighted by Crippen LogP contribution is 2.30. The monoisotopic (exact) mass is 379 g/mol. The van der Waals surface area contributed by atoms with Gasteiger partial charge in [0.25, 0.3) is 0 Å². The first kappa shape index (κ1) is 17.8. The van der Waals surface area contributed by atoms with Crippen molar-refractivity contribution in [2.24, 2.45) is 0 Å². The van der Waals surface area contributed by atoms with Crippen LogP contribution in [-0.2, 0) is 23.1 Å². The van der Waals surface area contributed by atoms with Crippen LogP contribution in [0.15, 0.2) is 28.7 Å². The first-order chi connectivity index (χ1) is 11.9. The van der Waals surface area contributed by atoms with Crippen LogP contribution in [0.25, 0.3) is 10.4 Å². The summed E-state index contributed by atoms with van der Waals surface area (Å²) in [4.78, 5) is 0.859. The number of H-pyrrole nitrogens is 1. The number of aromatic amines is 1. The lowest BCUT2D eigenvalue weighted by Crippen LogP contribution is -2.23. The highest BCUT2D eigenvalue weighted by atomic mass is 32.2. The second-order valence-electron chi connectivity index (χ2n) is 5.80. The van der Waals surface area contributed by atoms with Gasteiger partial charge in [0.1, 0.15) is 4.21 Å². The van der Waals surface area contributed by atoms with Gasteiger partial charge in [-0.15, -0.1) is 11.3 Å². The lowest BCUT2D eigenvalue weighted by atomic mass is 10.2. The number of aromatic nitrogens is 4. The van der Waals surface area contributed by atoms with Gasteiger partial charge in [0.15, 0.2) is 0 Å². The lowest BCUT2D eigenvalue weighted by Gasteiger charge is -2.06. The summed E-state index contributed by atoms with van der Waals surface area (Å²) in [5.74, 6) is 0. The standard InChI is InChI=1S/C16H21N5O2S2/c1-4-7-21-12(3)14(11(2)20-21)10-19-25(22,23)16-6-5-15(24-16)13-8-17-18-9-13/h5-6,8-9,19H,4,7,10H2,1-3H3,(H,17,18). The number of thiophene rings is 1. The van der Waals surface area contributed by atoms with E-state index in [2.05, 4.69) is 26.9 Å². The average Bonchev–Trinajstić information content (AvgIpc) is 3.28. The number of sulfonamides is 1. The van der Waals surface area contributed by atoms with Crippen molar-refractivity contribution in [2.45, 2.75) is 44.5 Å². The Morgan fingerprint density at radius 3 is 2.80 bits per heavy atom. The first-order valence-electron chi connectivity index (χ1n) is 8.04. The van der Waals surface area contributed by atoms with Crippen LogP contribution in [0.5, 0.6) is 0 Å². The van der Waals surface area contributed by atoms with E-state index in [1.54, 1.807) is 24.5 Å². The van der Waals surface area contributed by atoms with Gasteiger partial charge in [-0.2, -0.15) is 10.2 Å². The SMILES string of the molecule is CCCn1nc(C)c(CNS(=O)(=O)c2ccc(-c3cn[nH]c3)s2)c1C. The smallest absolute Gasteiger partial charge is 0.250 e. The summed E-state index contributed by atoms with van der Waals surface area (Å²) >= 11 is 1.22. The zero-order valence-electron chi connectivity index (χ0n) is 14.4. The molecule has 0 aromatic carbocycles. The molecule has 0 bridgehead atoms. The minimum absolute atomic E-state index is 0.239. The Kier molecular flexibility index (Phi) is 5.07. The summed E-state index contributed by atoms with van der Waals surface area (Å²) < 4.78 is 30.1. The second-order valence-corrected chi connectivity index (χ2v) is 8.88. The van der Waals surface area contributed by atoms with Crippen LogP contribution in [-0.4, -0.2) is 28.4 Å². The third-order valence-electron chi connectivity index (χ3n) is 4.03. The van der Waals surface area contributed by atoms with E-state index in [0.29, 0.717) is 4.21 Å². The van der Waals surface area contributed by atoms with Crippen molar-refractivity contribution in [3.63, 3.8) is 0 Å². The van der Waals surface area contributed by atoms with Gasteiger partial charge < -0.3 is 0 Å². The zero-order valence-corrected chi connectivity index (χ0v) is 16.0. The zero-order chi connectivity index (χ0) is 18.0. The maximum absolute atomic E-state index is 12.6. The predicted octanol–water partition coefficient (Wildman–Crippen LogP) is 2.84. The van der Waals surface area contributed by atoms with E-state index >= 15 is 0 Å². The van der Waals surface area contributed by atoms with Gasteiger partial charge in [-0.05, 0) is 32.4 Å². The molecule has 3 heterocycles. The molecule has 2 N–H and O–H groups in total. The largest absolute Gasteiger partial charge is 0.285 e. The Balaban J connectivity index is 1.77. The fourth-order valence-corrected chi connectivity index (χ4v) is 4.99. The molecule has 0 aliphatic heterocycles. The summed E-state index contributed by atoms with van der Waals surface area (Å²) in [6, 6.07) is 3.41. The van der Waals surface area contributed by atoms with E-state index in [1.807, 2.05) is 18.5 Å². The number of nitrogens with one attached hydrogen (secondary N) is 2. The Hall–Kier alpha value is -1.97. The van der Waals surface area contributed by atoms with Crippen molar-refractivity contribution in [1.82, 2.24) is 24.7 Å². The van der Waals surface area contributed by atoms with E-state index in [4.69, 9.17) is 0 Å². The van der Waals surface area contributed by atoms with E-state index in [0.717, 1.165) is 40.4 Å². The summed E-state index contributed by atoms with van der Waals surface area (Å²) in [5.41, 5.74) is 3.67. The van der Waals surface area contributed by atoms with Crippen LogP contribution in [0.4, 0.5) is 0 Å². The highest BCUT2D eigenvalue weighted by Gasteiger charge is 2.19. The van der Waals surface area contributed by atoms with Gasteiger partial charge in [0.05, 0.1) is 11.9 Å². The molecule has 3 aromatic rings. The molecule has 0 aliphatic carbocycles. The molecule has 0 amide bonds. The molecule has 0 aliphatic rings. The number of aryl methyl sites for hydroxylation is 2. The van der Waals surface area contributed by atoms with Crippen molar-refractivity contribution >= 4 is 21.4 Å². The first-order valence-corrected chi connectivity index (χ1v) is 10.3. The van der Waals surface area contributed by atoms with Crippen molar-refractivity contribution in [1.29, 1.82) is 0 Å². The Morgan fingerprint density at radius 2 is 2.12 bits per heavy atom. The Morgan fingerprint density at radius 1 is 1.32 bits per heavy atom. The lowest BCUT2D eigenvalue weighted by molar-refractivity contribution is 0.579. The van der Waals surface area contributed by atoms with Crippen LogP contribution >= 0.6 is 11.3 Å². The van der Waals surface area contributed by atoms with Crippen molar-refractivity contribution < 1.29 is 8.42 Å². The van der Waals surface area contributed by atoms with Gasteiger partial charge in [-0.1, -0.05) is 6.92 Å². The van der Waals surface area contributed by atoms with Crippen LogP contribution in [0.2, 0.25) is 0 Å². The number of hydrogen-bond acceptors (Lipinski definition) is 5. The van der Waals surface area contributed by atoms with E-state index < -0.39 is 10.0 Å². The number of rotatable bonds is 7. The van der Waals surface area contributed by atoms with Crippen LogP contribution in [0.1, 0.15) is 30.3 Å². The number of hydrogen-bond donors (Lipinski definition) is 2. The Labute approximate surface area is 151 Å². The van der Waals surface area contributed by atoms with Crippen molar-refractivity contribution in [2.75, 3.05) is 0 Å². The molecule has 7 nitrogen and oxygen atoms in total. The fourth-order valence-electron chi connectivity index (χ4n) is 2.66. The van der Waals surface area contributed by atoms with Gasteiger partial charge in [0.2, 0.25) is 10.0 Å². The van der Waals surface area contributed by atoms with Crippen molar-refractivity contribution in [3.8, 4) is 10.4 Å². The summed E-state index contributed by atoms with van der Waals surface area (Å²) in [6.07, 6.45) is 4.40. The topological polar surface area (TPSA) is 92.7 Å². The van der Waals surface area contributed by atoms with Gasteiger partial charge in [-0.3, -0.25) is 9.78 Å². The molecule has 0 saturated heterocycles. The summed E-state index contributed by atoms with van der Waals surface area (Å²) in [7, 11) is -3.56. The molecule has 3 rings (SSSR count).